The number of hydrogen-bond acceptors (Lipinski definition) is 4. The van der Waals surface area contributed by atoms with Crippen molar-refractivity contribution in [3.8, 4) is 10.7 Å². The Labute approximate surface area is 116 Å². The fourth-order valence-electron chi connectivity index (χ4n) is 2.06. The van der Waals surface area contributed by atoms with Gasteiger partial charge in [-0.2, -0.15) is 0 Å². The van der Waals surface area contributed by atoms with E-state index in [1.54, 1.807) is 11.3 Å². The molecule has 0 aliphatic carbocycles. The SMILES string of the molecule is CN(C)CCn1c(-c2cccs2)nc2cccnc21. The van der Waals surface area contributed by atoms with Gasteiger partial charge >= 0.3 is 0 Å². The minimum absolute atomic E-state index is 0.897. The maximum Gasteiger partial charge on any atom is 0.160 e. The first-order valence-corrected chi connectivity index (χ1v) is 7.13. The minimum atomic E-state index is 0.897. The van der Waals surface area contributed by atoms with Crippen molar-refractivity contribution in [1.82, 2.24) is 19.4 Å². The number of thiophene rings is 1. The van der Waals surface area contributed by atoms with Crippen LogP contribution in [0.25, 0.3) is 21.9 Å². The van der Waals surface area contributed by atoms with E-state index >= 15 is 0 Å². The molecule has 0 amide bonds. The van der Waals surface area contributed by atoms with Crippen LogP contribution in [0.4, 0.5) is 0 Å². The van der Waals surface area contributed by atoms with Gasteiger partial charge in [-0.1, -0.05) is 6.07 Å². The lowest BCUT2D eigenvalue weighted by Gasteiger charge is -2.12. The second-order valence-electron chi connectivity index (χ2n) is 4.71. The van der Waals surface area contributed by atoms with Gasteiger partial charge in [-0.05, 0) is 37.7 Å². The van der Waals surface area contributed by atoms with E-state index in [9.17, 15) is 0 Å². The van der Waals surface area contributed by atoms with E-state index < -0.39 is 0 Å². The Bertz CT molecular complexity index is 670. The Morgan fingerprint density at radius 1 is 1.26 bits per heavy atom. The number of fused-ring (bicyclic) bond motifs is 1. The number of nitrogens with zero attached hydrogens (tertiary/aromatic N) is 4. The standard InChI is InChI=1S/C14H16N4S/c1-17(2)8-9-18-13-11(5-3-7-15-13)16-14(18)12-6-4-10-19-12/h3-7,10H,8-9H2,1-2H3. The highest BCUT2D eigenvalue weighted by atomic mass is 32.1. The fraction of sp³-hybridized carbons (Fsp3) is 0.286. The van der Waals surface area contributed by atoms with Gasteiger partial charge in [0.25, 0.3) is 0 Å². The van der Waals surface area contributed by atoms with Crippen LogP contribution in [0.1, 0.15) is 0 Å². The molecule has 0 fully saturated rings. The van der Waals surface area contributed by atoms with Crippen molar-refractivity contribution in [2.24, 2.45) is 0 Å². The molecular formula is C14H16N4S. The molecule has 3 rings (SSSR count). The molecule has 0 aromatic carbocycles. The zero-order valence-electron chi connectivity index (χ0n) is 11.1. The van der Waals surface area contributed by atoms with E-state index in [4.69, 9.17) is 4.98 Å². The largest absolute Gasteiger partial charge is 0.308 e. The van der Waals surface area contributed by atoms with Gasteiger partial charge in [0, 0.05) is 19.3 Å². The van der Waals surface area contributed by atoms with Gasteiger partial charge in [-0.15, -0.1) is 11.3 Å². The van der Waals surface area contributed by atoms with Crippen LogP contribution in [0, 0.1) is 0 Å². The highest BCUT2D eigenvalue weighted by Crippen LogP contribution is 2.27. The summed E-state index contributed by atoms with van der Waals surface area (Å²) in [4.78, 5) is 12.6. The van der Waals surface area contributed by atoms with Crippen molar-refractivity contribution in [3.63, 3.8) is 0 Å². The fourth-order valence-corrected chi connectivity index (χ4v) is 2.79. The third kappa shape index (κ3) is 2.39. The van der Waals surface area contributed by atoms with Gasteiger partial charge in [0.05, 0.1) is 4.88 Å². The number of hydrogen-bond donors (Lipinski definition) is 0. The molecule has 98 valence electrons. The molecule has 0 aliphatic heterocycles. The van der Waals surface area contributed by atoms with E-state index in [0.717, 1.165) is 30.1 Å². The van der Waals surface area contributed by atoms with Gasteiger partial charge < -0.3 is 9.47 Å². The number of imidazole rings is 1. The minimum Gasteiger partial charge on any atom is -0.308 e. The van der Waals surface area contributed by atoms with Crippen LogP contribution in [0.3, 0.4) is 0 Å². The Morgan fingerprint density at radius 3 is 2.89 bits per heavy atom. The zero-order valence-corrected chi connectivity index (χ0v) is 11.9. The Morgan fingerprint density at radius 2 is 2.16 bits per heavy atom. The number of aromatic nitrogens is 3. The molecule has 4 nitrogen and oxygen atoms in total. The second kappa shape index (κ2) is 5.11. The van der Waals surface area contributed by atoms with Crippen LogP contribution in [0.5, 0.6) is 0 Å². The van der Waals surface area contributed by atoms with Gasteiger partial charge in [0.2, 0.25) is 0 Å². The van der Waals surface area contributed by atoms with E-state index in [1.165, 1.54) is 4.88 Å². The molecule has 3 aromatic rings. The third-order valence-corrected chi connectivity index (χ3v) is 3.88. The number of rotatable bonds is 4. The molecule has 0 saturated heterocycles. The predicted molar refractivity (Wildman–Crippen MR) is 79.4 cm³/mol. The van der Waals surface area contributed by atoms with Crippen molar-refractivity contribution >= 4 is 22.5 Å². The molecule has 5 heteroatoms. The molecule has 0 unspecified atom stereocenters. The summed E-state index contributed by atoms with van der Waals surface area (Å²) in [5.41, 5.74) is 1.93. The average molecular weight is 272 g/mol. The highest BCUT2D eigenvalue weighted by Gasteiger charge is 2.13. The molecule has 0 radical (unpaired) electrons. The molecule has 0 spiro atoms. The van der Waals surface area contributed by atoms with Crippen LogP contribution in [0.2, 0.25) is 0 Å². The topological polar surface area (TPSA) is 34.0 Å². The van der Waals surface area contributed by atoms with Gasteiger partial charge in [-0.25, -0.2) is 9.97 Å². The number of likely N-dealkylation sites (N-methyl/N-ethyl adjacent to an activating group) is 1. The molecule has 3 aromatic heterocycles. The molecule has 0 bridgehead atoms. The van der Waals surface area contributed by atoms with E-state index in [0.29, 0.717) is 0 Å². The lowest BCUT2D eigenvalue weighted by molar-refractivity contribution is 0.387. The van der Waals surface area contributed by atoms with Gasteiger partial charge in [0.15, 0.2) is 11.5 Å². The number of pyridine rings is 1. The van der Waals surface area contributed by atoms with Crippen LogP contribution < -0.4 is 0 Å². The van der Waals surface area contributed by atoms with Crippen molar-refractivity contribution in [2.75, 3.05) is 20.6 Å². The second-order valence-corrected chi connectivity index (χ2v) is 5.66. The summed E-state index contributed by atoms with van der Waals surface area (Å²) >= 11 is 1.71. The van der Waals surface area contributed by atoms with E-state index in [-0.39, 0.29) is 0 Å². The molecular weight excluding hydrogens is 256 g/mol. The summed E-state index contributed by atoms with van der Waals surface area (Å²) in [5.74, 6) is 1.02. The quantitative estimate of drug-likeness (QED) is 0.732. The summed E-state index contributed by atoms with van der Waals surface area (Å²) in [5, 5.41) is 2.08. The first-order valence-electron chi connectivity index (χ1n) is 6.25. The third-order valence-electron chi connectivity index (χ3n) is 3.02. The lowest BCUT2D eigenvalue weighted by atomic mass is 10.4. The summed E-state index contributed by atoms with van der Waals surface area (Å²) in [6.07, 6.45) is 1.83. The van der Waals surface area contributed by atoms with Crippen molar-refractivity contribution in [1.29, 1.82) is 0 Å². The first-order chi connectivity index (χ1) is 9.25. The molecule has 19 heavy (non-hydrogen) atoms. The smallest absolute Gasteiger partial charge is 0.160 e. The predicted octanol–water partition coefficient (Wildman–Crippen LogP) is 2.72. The normalized spacial score (nSPS) is 11.5. The summed E-state index contributed by atoms with van der Waals surface area (Å²) < 4.78 is 2.21. The highest BCUT2D eigenvalue weighted by molar-refractivity contribution is 7.13. The summed E-state index contributed by atoms with van der Waals surface area (Å²) in [6, 6.07) is 8.12. The van der Waals surface area contributed by atoms with Crippen molar-refractivity contribution < 1.29 is 0 Å². The van der Waals surface area contributed by atoms with E-state index in [2.05, 4.69) is 46.1 Å². The van der Waals surface area contributed by atoms with Crippen LogP contribution in [-0.2, 0) is 6.54 Å². The van der Waals surface area contributed by atoms with Crippen molar-refractivity contribution in [3.05, 3.63) is 35.8 Å². The van der Waals surface area contributed by atoms with Crippen LogP contribution in [-0.4, -0.2) is 40.1 Å². The Hall–Kier alpha value is -1.72. The maximum absolute atomic E-state index is 4.73. The van der Waals surface area contributed by atoms with Gasteiger partial charge in [0.1, 0.15) is 5.52 Å². The lowest BCUT2D eigenvalue weighted by Crippen LogP contribution is -2.19. The van der Waals surface area contributed by atoms with Crippen LogP contribution in [0.15, 0.2) is 35.8 Å². The van der Waals surface area contributed by atoms with E-state index in [1.807, 2.05) is 18.3 Å². The zero-order chi connectivity index (χ0) is 13.2. The monoisotopic (exact) mass is 272 g/mol. The Kier molecular flexibility index (Phi) is 3.31. The first kappa shape index (κ1) is 12.3. The molecule has 0 atom stereocenters. The molecule has 0 aliphatic rings. The average Bonchev–Trinajstić information content (AvgIpc) is 3.03. The molecule has 0 N–H and O–H groups in total. The summed E-state index contributed by atoms with van der Waals surface area (Å²) in [7, 11) is 4.16. The molecule has 0 saturated carbocycles. The molecule has 3 heterocycles. The Balaban J connectivity index is 2.11. The van der Waals surface area contributed by atoms with Crippen molar-refractivity contribution in [2.45, 2.75) is 6.54 Å². The van der Waals surface area contributed by atoms with Gasteiger partial charge in [-0.3, -0.25) is 0 Å². The van der Waals surface area contributed by atoms with Crippen LogP contribution >= 0.6 is 11.3 Å². The maximum atomic E-state index is 4.73. The summed E-state index contributed by atoms with van der Waals surface area (Å²) in [6.45, 7) is 1.87.